The summed E-state index contributed by atoms with van der Waals surface area (Å²) in [6, 6.07) is 0. The van der Waals surface area contributed by atoms with Gasteiger partial charge in [-0.3, -0.25) is 4.79 Å². The van der Waals surface area contributed by atoms with Crippen molar-refractivity contribution >= 4 is 21.9 Å². The lowest BCUT2D eigenvalue weighted by molar-refractivity contribution is -0.153. The van der Waals surface area contributed by atoms with Crippen molar-refractivity contribution < 1.29 is 23.1 Å². The average molecular weight is 207 g/mol. The summed E-state index contributed by atoms with van der Waals surface area (Å²) in [5.41, 5.74) is 0. The zero-order chi connectivity index (χ0) is 10.6. The van der Waals surface area contributed by atoms with E-state index < -0.39 is 21.9 Å². The second-order valence-electron chi connectivity index (χ2n) is 2.19. The zero-order valence-electron chi connectivity index (χ0n) is 6.93. The third kappa shape index (κ3) is 3.24. The Morgan fingerprint density at radius 3 is 2.23 bits per heavy atom. The summed E-state index contributed by atoms with van der Waals surface area (Å²) < 4.78 is 21.9. The maximum absolute atomic E-state index is 10.9. The molecule has 0 saturated carbocycles. The Hall–Kier alpha value is -1.37. The van der Waals surface area contributed by atoms with Crippen LogP contribution in [0.2, 0.25) is 0 Å². The molecule has 0 fully saturated rings. The van der Waals surface area contributed by atoms with Crippen LogP contribution in [0.3, 0.4) is 0 Å². The number of carboxylic acid groups (broad SMARTS) is 1. The average Bonchev–Trinajstić information content (AvgIpc) is 1.96. The van der Waals surface area contributed by atoms with E-state index in [0.717, 1.165) is 12.3 Å². The molecule has 6 nitrogen and oxygen atoms in total. The number of hydrogen-bond acceptors (Lipinski definition) is 4. The van der Waals surface area contributed by atoms with Crippen molar-refractivity contribution in [1.29, 1.82) is 0 Å². The van der Waals surface area contributed by atoms with Gasteiger partial charge >= 0.3 is 11.9 Å². The maximum Gasteiger partial charge on any atom is 0.395 e. The van der Waals surface area contributed by atoms with Gasteiger partial charge in [-0.2, -0.15) is 0 Å². The van der Waals surface area contributed by atoms with Gasteiger partial charge in [-0.05, 0) is 0 Å². The first-order valence-electron chi connectivity index (χ1n) is 3.16. The predicted molar refractivity (Wildman–Crippen MR) is 44.4 cm³/mol. The van der Waals surface area contributed by atoms with Gasteiger partial charge < -0.3 is 5.11 Å². The first-order chi connectivity index (χ1) is 5.80. The highest BCUT2D eigenvalue weighted by molar-refractivity contribution is 7.89. The van der Waals surface area contributed by atoms with Gasteiger partial charge in [0.1, 0.15) is 0 Å². The molecule has 0 saturated heterocycles. The molecule has 0 aliphatic rings. The molecule has 0 aromatic rings. The number of carboxylic acids is 1. The quantitative estimate of drug-likeness (QED) is 0.475. The molecule has 0 rings (SSSR count). The van der Waals surface area contributed by atoms with Crippen molar-refractivity contribution in [2.75, 3.05) is 12.8 Å². The fourth-order valence-electron chi connectivity index (χ4n) is 0.593. The highest BCUT2D eigenvalue weighted by Gasteiger charge is 2.27. The van der Waals surface area contributed by atoms with E-state index in [2.05, 4.69) is 6.58 Å². The Morgan fingerprint density at radius 2 is 2.00 bits per heavy atom. The minimum absolute atomic E-state index is 0.225. The fraction of sp³-hybridized carbons (Fsp3) is 0.333. The van der Waals surface area contributed by atoms with Gasteiger partial charge in [0, 0.05) is 0 Å². The van der Waals surface area contributed by atoms with Crippen LogP contribution < -0.4 is 0 Å². The number of nitrogens with zero attached hydrogens (tertiary/aromatic N) is 1. The lowest BCUT2D eigenvalue weighted by Gasteiger charge is -2.15. The molecule has 7 heteroatoms. The van der Waals surface area contributed by atoms with Crippen LogP contribution in [0.25, 0.3) is 0 Å². The van der Waals surface area contributed by atoms with Crippen LogP contribution in [0.15, 0.2) is 12.7 Å². The Balaban J connectivity index is 4.94. The van der Waals surface area contributed by atoms with Gasteiger partial charge in [0.15, 0.2) is 0 Å². The molecular formula is C6H9NO5S. The smallest absolute Gasteiger partial charge is 0.395 e. The van der Waals surface area contributed by atoms with Gasteiger partial charge in [-0.25, -0.2) is 17.5 Å². The number of amides is 1. The topological polar surface area (TPSA) is 91.8 Å². The molecule has 0 aromatic carbocycles. The zero-order valence-corrected chi connectivity index (χ0v) is 7.74. The molecule has 0 radical (unpaired) electrons. The van der Waals surface area contributed by atoms with Gasteiger partial charge in [-0.1, -0.05) is 6.08 Å². The SMILES string of the molecule is C=CCN(C(=O)C(=O)O)S(C)(=O)=O. The van der Waals surface area contributed by atoms with E-state index in [1.807, 2.05) is 0 Å². The molecule has 0 heterocycles. The second kappa shape index (κ2) is 4.04. The summed E-state index contributed by atoms with van der Waals surface area (Å²) in [6.45, 7) is 2.86. The molecule has 1 N–H and O–H groups in total. The van der Waals surface area contributed by atoms with Crippen molar-refractivity contribution in [2.45, 2.75) is 0 Å². The molecule has 0 atom stereocenters. The van der Waals surface area contributed by atoms with Crippen molar-refractivity contribution in [3.63, 3.8) is 0 Å². The van der Waals surface area contributed by atoms with E-state index in [-0.39, 0.29) is 10.8 Å². The monoisotopic (exact) mass is 207 g/mol. The van der Waals surface area contributed by atoms with Gasteiger partial charge in [-0.15, -0.1) is 6.58 Å². The summed E-state index contributed by atoms with van der Waals surface area (Å²) >= 11 is 0. The standard InChI is InChI=1S/C6H9NO5S/c1-3-4-7(13(2,11)12)5(8)6(9)10/h3H,1,4H2,2H3,(H,9,10). The van der Waals surface area contributed by atoms with Gasteiger partial charge in [0.05, 0.1) is 12.8 Å². The third-order valence-corrected chi connectivity index (χ3v) is 2.22. The van der Waals surface area contributed by atoms with Crippen molar-refractivity contribution in [1.82, 2.24) is 4.31 Å². The van der Waals surface area contributed by atoms with E-state index in [1.165, 1.54) is 0 Å². The molecule has 0 aliphatic carbocycles. The molecular weight excluding hydrogens is 198 g/mol. The number of hydrogen-bond donors (Lipinski definition) is 1. The van der Waals surface area contributed by atoms with Gasteiger partial charge in [0.2, 0.25) is 10.0 Å². The summed E-state index contributed by atoms with van der Waals surface area (Å²) in [7, 11) is -3.84. The molecule has 13 heavy (non-hydrogen) atoms. The van der Waals surface area contributed by atoms with Crippen molar-refractivity contribution in [3.05, 3.63) is 12.7 Å². The van der Waals surface area contributed by atoms with Crippen molar-refractivity contribution in [2.24, 2.45) is 0 Å². The predicted octanol–water partition coefficient (Wildman–Crippen LogP) is -0.955. The minimum Gasteiger partial charge on any atom is -0.474 e. The second-order valence-corrected chi connectivity index (χ2v) is 4.10. The van der Waals surface area contributed by atoms with E-state index in [4.69, 9.17) is 5.11 Å². The lowest BCUT2D eigenvalue weighted by Crippen LogP contribution is -2.40. The van der Waals surface area contributed by atoms with Crippen LogP contribution in [-0.2, 0) is 19.6 Å². The Labute approximate surface area is 75.5 Å². The Kier molecular flexibility index (Phi) is 3.61. The van der Waals surface area contributed by atoms with Crippen molar-refractivity contribution in [3.8, 4) is 0 Å². The normalized spacial score (nSPS) is 10.5. The number of carbonyl (C=O) groups excluding carboxylic acids is 1. The lowest BCUT2D eigenvalue weighted by atomic mass is 10.5. The van der Waals surface area contributed by atoms with Crippen LogP contribution in [0.5, 0.6) is 0 Å². The highest BCUT2D eigenvalue weighted by Crippen LogP contribution is 1.98. The summed E-state index contributed by atoms with van der Waals surface area (Å²) in [5.74, 6) is -3.30. The van der Waals surface area contributed by atoms with E-state index in [0.29, 0.717) is 0 Å². The van der Waals surface area contributed by atoms with Crippen LogP contribution in [-0.4, -0.2) is 42.5 Å². The number of aliphatic carboxylic acids is 1. The van der Waals surface area contributed by atoms with Gasteiger partial charge in [0.25, 0.3) is 0 Å². The summed E-state index contributed by atoms with van der Waals surface area (Å²) in [4.78, 5) is 21.0. The molecule has 0 bridgehead atoms. The molecule has 0 spiro atoms. The molecule has 0 aromatic heterocycles. The summed E-state index contributed by atoms with van der Waals surface area (Å²) in [6.07, 6.45) is 1.87. The molecule has 0 unspecified atom stereocenters. The summed E-state index contributed by atoms with van der Waals surface area (Å²) in [5, 5.41) is 8.25. The number of sulfonamides is 1. The highest BCUT2D eigenvalue weighted by atomic mass is 32.2. The molecule has 0 aliphatic heterocycles. The molecule has 1 amide bonds. The van der Waals surface area contributed by atoms with Crippen LogP contribution >= 0.6 is 0 Å². The minimum atomic E-state index is -3.84. The maximum atomic E-state index is 10.9. The first kappa shape index (κ1) is 11.6. The molecule has 74 valence electrons. The number of rotatable bonds is 3. The number of carbonyl (C=O) groups is 2. The Bertz CT molecular complexity index is 331. The van der Waals surface area contributed by atoms with Crippen LogP contribution in [0.1, 0.15) is 0 Å². The van der Waals surface area contributed by atoms with E-state index in [1.54, 1.807) is 0 Å². The van der Waals surface area contributed by atoms with E-state index >= 15 is 0 Å². The third-order valence-electron chi connectivity index (χ3n) is 1.10. The first-order valence-corrected chi connectivity index (χ1v) is 5.01. The Morgan fingerprint density at radius 1 is 1.54 bits per heavy atom. The van der Waals surface area contributed by atoms with Crippen LogP contribution in [0, 0.1) is 0 Å². The van der Waals surface area contributed by atoms with E-state index in [9.17, 15) is 18.0 Å². The van der Waals surface area contributed by atoms with Crippen LogP contribution in [0.4, 0.5) is 0 Å². The largest absolute Gasteiger partial charge is 0.474 e. The fourth-order valence-corrected chi connectivity index (χ4v) is 1.35.